The molecule has 1 aromatic carbocycles. The standard InChI is InChI=1S/C11H12BrNO3/c12-6-3-7-10(16-5-15-7)8(9(6)14)11(4-13)1-2-11/h3,14H,1-2,4-5,13H2. The number of nitrogens with two attached hydrogens (primary N) is 1. The van der Waals surface area contributed by atoms with Gasteiger partial charge in [-0.25, -0.2) is 0 Å². The van der Waals surface area contributed by atoms with Crippen molar-refractivity contribution in [2.75, 3.05) is 13.3 Å². The summed E-state index contributed by atoms with van der Waals surface area (Å²) in [5.74, 6) is 1.57. The Hall–Kier alpha value is -0.940. The summed E-state index contributed by atoms with van der Waals surface area (Å²) < 4.78 is 11.4. The number of aromatic hydroxyl groups is 1. The molecule has 2 aliphatic rings. The Kier molecular flexibility index (Phi) is 2.09. The summed E-state index contributed by atoms with van der Waals surface area (Å²) in [7, 11) is 0. The van der Waals surface area contributed by atoms with E-state index < -0.39 is 0 Å². The molecule has 0 saturated heterocycles. The molecule has 0 spiro atoms. The number of phenols is 1. The normalized spacial score (nSPS) is 19.9. The zero-order valence-corrected chi connectivity index (χ0v) is 10.2. The predicted molar refractivity (Wildman–Crippen MR) is 61.9 cm³/mol. The van der Waals surface area contributed by atoms with Crippen molar-refractivity contribution in [2.24, 2.45) is 5.73 Å². The van der Waals surface area contributed by atoms with E-state index in [2.05, 4.69) is 15.9 Å². The maximum Gasteiger partial charge on any atom is 0.231 e. The van der Waals surface area contributed by atoms with Crippen molar-refractivity contribution < 1.29 is 14.6 Å². The molecule has 0 unspecified atom stereocenters. The van der Waals surface area contributed by atoms with Gasteiger partial charge in [-0.3, -0.25) is 0 Å². The Morgan fingerprint density at radius 3 is 2.81 bits per heavy atom. The van der Waals surface area contributed by atoms with Gasteiger partial charge < -0.3 is 20.3 Å². The molecular weight excluding hydrogens is 274 g/mol. The Balaban J connectivity index is 2.23. The zero-order valence-electron chi connectivity index (χ0n) is 8.62. The van der Waals surface area contributed by atoms with E-state index in [9.17, 15) is 5.11 Å². The molecular formula is C11H12BrNO3. The van der Waals surface area contributed by atoms with Gasteiger partial charge in [0.2, 0.25) is 6.79 Å². The summed E-state index contributed by atoms with van der Waals surface area (Å²) in [6.45, 7) is 0.728. The highest BCUT2D eigenvalue weighted by Gasteiger charge is 2.48. The number of fused-ring (bicyclic) bond motifs is 1. The molecule has 1 saturated carbocycles. The van der Waals surface area contributed by atoms with Crippen LogP contribution in [0.2, 0.25) is 0 Å². The van der Waals surface area contributed by atoms with Crippen LogP contribution in [0.15, 0.2) is 10.5 Å². The number of benzene rings is 1. The lowest BCUT2D eigenvalue weighted by Crippen LogP contribution is -2.20. The second-order valence-corrected chi connectivity index (χ2v) is 5.15. The molecule has 1 aliphatic carbocycles. The molecule has 0 atom stereocenters. The lowest BCUT2D eigenvalue weighted by molar-refractivity contribution is 0.172. The minimum Gasteiger partial charge on any atom is -0.506 e. The highest BCUT2D eigenvalue weighted by molar-refractivity contribution is 9.10. The number of ether oxygens (including phenoxy) is 2. The molecule has 5 heteroatoms. The van der Waals surface area contributed by atoms with Crippen molar-refractivity contribution in [3.63, 3.8) is 0 Å². The molecule has 0 aromatic heterocycles. The Morgan fingerprint density at radius 2 is 2.19 bits per heavy atom. The van der Waals surface area contributed by atoms with Crippen molar-refractivity contribution in [3.8, 4) is 17.2 Å². The summed E-state index contributed by atoms with van der Waals surface area (Å²) >= 11 is 3.32. The summed E-state index contributed by atoms with van der Waals surface area (Å²) in [6, 6.07) is 1.73. The second-order valence-electron chi connectivity index (χ2n) is 4.30. The van der Waals surface area contributed by atoms with Gasteiger partial charge >= 0.3 is 0 Å². The van der Waals surface area contributed by atoms with E-state index in [0.29, 0.717) is 22.5 Å². The fourth-order valence-electron chi connectivity index (χ4n) is 2.20. The van der Waals surface area contributed by atoms with E-state index >= 15 is 0 Å². The molecule has 0 bridgehead atoms. The van der Waals surface area contributed by atoms with Crippen molar-refractivity contribution in [2.45, 2.75) is 18.3 Å². The highest BCUT2D eigenvalue weighted by atomic mass is 79.9. The average Bonchev–Trinajstić information content (AvgIpc) is 2.93. The molecule has 1 heterocycles. The molecule has 16 heavy (non-hydrogen) atoms. The first kappa shape index (κ1) is 10.2. The maximum absolute atomic E-state index is 10.1. The van der Waals surface area contributed by atoms with E-state index in [0.717, 1.165) is 18.4 Å². The van der Waals surface area contributed by atoms with Gasteiger partial charge in [-0.2, -0.15) is 0 Å². The molecule has 1 aromatic rings. The van der Waals surface area contributed by atoms with Crippen LogP contribution < -0.4 is 15.2 Å². The predicted octanol–water partition coefficient (Wildman–Crippen LogP) is 1.87. The van der Waals surface area contributed by atoms with Gasteiger partial charge in [-0.1, -0.05) is 0 Å². The van der Waals surface area contributed by atoms with Crippen LogP contribution in [0.4, 0.5) is 0 Å². The van der Waals surface area contributed by atoms with Gasteiger partial charge in [-0.15, -0.1) is 0 Å². The SMILES string of the molecule is NCC1(c2c(O)c(Br)cc3c2OCO3)CC1. The molecule has 0 amide bonds. The van der Waals surface area contributed by atoms with E-state index in [1.165, 1.54) is 0 Å². The monoisotopic (exact) mass is 285 g/mol. The van der Waals surface area contributed by atoms with E-state index in [4.69, 9.17) is 15.2 Å². The number of rotatable bonds is 2. The van der Waals surface area contributed by atoms with Crippen molar-refractivity contribution in [3.05, 3.63) is 16.1 Å². The van der Waals surface area contributed by atoms with E-state index in [1.54, 1.807) is 6.07 Å². The van der Waals surface area contributed by atoms with Gasteiger partial charge in [-0.05, 0) is 28.8 Å². The molecule has 3 rings (SSSR count). The second kappa shape index (κ2) is 3.28. The van der Waals surface area contributed by atoms with Crippen LogP contribution in [0.1, 0.15) is 18.4 Å². The first-order chi connectivity index (χ1) is 7.68. The van der Waals surface area contributed by atoms with Crippen LogP contribution in [0, 0.1) is 0 Å². The lowest BCUT2D eigenvalue weighted by Gasteiger charge is -2.17. The molecule has 1 fully saturated rings. The van der Waals surface area contributed by atoms with Crippen LogP contribution in [-0.4, -0.2) is 18.4 Å². The van der Waals surface area contributed by atoms with E-state index in [-0.39, 0.29) is 18.0 Å². The Bertz CT molecular complexity index is 457. The summed E-state index contributed by atoms with van der Waals surface area (Å²) in [5, 5.41) is 10.1. The van der Waals surface area contributed by atoms with Gasteiger partial charge in [0.15, 0.2) is 11.5 Å². The Labute approximate surface area is 101 Å². The zero-order chi connectivity index (χ0) is 11.3. The van der Waals surface area contributed by atoms with Crippen molar-refractivity contribution in [1.82, 2.24) is 0 Å². The van der Waals surface area contributed by atoms with Gasteiger partial charge in [0.1, 0.15) is 5.75 Å². The maximum atomic E-state index is 10.1. The minimum atomic E-state index is -0.119. The summed E-state index contributed by atoms with van der Waals surface area (Å²) in [6.07, 6.45) is 1.98. The third-order valence-corrected chi connectivity index (χ3v) is 3.97. The van der Waals surface area contributed by atoms with Gasteiger partial charge in [0, 0.05) is 23.6 Å². The van der Waals surface area contributed by atoms with Crippen LogP contribution in [0.5, 0.6) is 17.2 Å². The van der Waals surface area contributed by atoms with Crippen molar-refractivity contribution in [1.29, 1.82) is 0 Å². The fraction of sp³-hybridized carbons (Fsp3) is 0.455. The highest BCUT2D eigenvalue weighted by Crippen LogP contribution is 2.58. The summed E-state index contributed by atoms with van der Waals surface area (Å²) in [4.78, 5) is 0. The molecule has 3 N–H and O–H groups in total. The summed E-state index contributed by atoms with van der Waals surface area (Å²) in [5.41, 5.74) is 6.47. The number of phenolic OH excluding ortho intramolecular Hbond substituents is 1. The average molecular weight is 286 g/mol. The van der Waals surface area contributed by atoms with Crippen LogP contribution >= 0.6 is 15.9 Å². The van der Waals surface area contributed by atoms with E-state index in [1.807, 2.05) is 0 Å². The molecule has 1 aliphatic heterocycles. The quantitative estimate of drug-likeness (QED) is 0.871. The number of hydrogen-bond acceptors (Lipinski definition) is 4. The molecule has 4 nitrogen and oxygen atoms in total. The van der Waals surface area contributed by atoms with Crippen LogP contribution in [-0.2, 0) is 5.41 Å². The largest absolute Gasteiger partial charge is 0.506 e. The molecule has 0 radical (unpaired) electrons. The third-order valence-electron chi connectivity index (χ3n) is 3.36. The molecule has 86 valence electrons. The third kappa shape index (κ3) is 1.25. The minimum absolute atomic E-state index is 0.119. The first-order valence-electron chi connectivity index (χ1n) is 5.19. The van der Waals surface area contributed by atoms with Gasteiger partial charge in [0.25, 0.3) is 0 Å². The van der Waals surface area contributed by atoms with Crippen molar-refractivity contribution >= 4 is 15.9 Å². The lowest BCUT2D eigenvalue weighted by atomic mass is 9.94. The first-order valence-corrected chi connectivity index (χ1v) is 5.99. The smallest absolute Gasteiger partial charge is 0.231 e. The topological polar surface area (TPSA) is 64.7 Å². The number of halogens is 1. The Morgan fingerprint density at radius 1 is 1.44 bits per heavy atom. The van der Waals surface area contributed by atoms with Crippen LogP contribution in [0.3, 0.4) is 0 Å². The van der Waals surface area contributed by atoms with Gasteiger partial charge in [0.05, 0.1) is 4.47 Å². The fourth-order valence-corrected chi connectivity index (χ4v) is 2.61. The van der Waals surface area contributed by atoms with Crippen LogP contribution in [0.25, 0.3) is 0 Å². The number of hydrogen-bond donors (Lipinski definition) is 2.